The van der Waals surface area contributed by atoms with Crippen molar-refractivity contribution in [3.05, 3.63) is 21.8 Å². The minimum absolute atomic E-state index is 0.437. The van der Waals surface area contributed by atoms with E-state index >= 15 is 0 Å². The molecule has 0 spiro atoms. The Labute approximate surface area is 110 Å². The lowest BCUT2D eigenvalue weighted by atomic mass is 10.2. The topological polar surface area (TPSA) is 16.1 Å². The Hall–Kier alpha value is -0.280. The number of aromatic nitrogens is 1. The fraction of sp³-hybridized carbons (Fsp3) is 0.583. The van der Waals surface area contributed by atoms with Gasteiger partial charge in [-0.1, -0.05) is 11.6 Å². The molecule has 16 heavy (non-hydrogen) atoms. The van der Waals surface area contributed by atoms with Gasteiger partial charge in [-0.2, -0.15) is 0 Å². The average molecular weight is 304 g/mol. The fourth-order valence-electron chi connectivity index (χ4n) is 1.74. The minimum Gasteiger partial charge on any atom is -0.353 e. The van der Waals surface area contributed by atoms with Crippen molar-refractivity contribution in [2.75, 3.05) is 11.4 Å². The summed E-state index contributed by atoms with van der Waals surface area (Å²) in [6, 6.07) is 2.35. The monoisotopic (exact) mass is 302 g/mol. The second-order valence-electron chi connectivity index (χ2n) is 4.65. The highest BCUT2D eigenvalue weighted by Gasteiger charge is 2.27. The quantitative estimate of drug-likeness (QED) is 0.831. The maximum absolute atomic E-state index is 6.24. The molecule has 1 aromatic heterocycles. The summed E-state index contributed by atoms with van der Waals surface area (Å²) in [5.41, 5.74) is 0. The molecule has 0 atom stereocenters. The molecule has 2 nitrogen and oxygen atoms in total. The van der Waals surface area contributed by atoms with Gasteiger partial charge in [-0.05, 0) is 54.6 Å². The lowest BCUT2D eigenvalue weighted by molar-refractivity contribution is 0.637. The number of hydrogen-bond donors (Lipinski definition) is 0. The Morgan fingerprint density at radius 3 is 2.75 bits per heavy atom. The van der Waals surface area contributed by atoms with Gasteiger partial charge >= 0.3 is 0 Å². The molecule has 1 saturated carbocycles. The van der Waals surface area contributed by atoms with Crippen molar-refractivity contribution in [2.24, 2.45) is 5.92 Å². The first-order valence-corrected chi connectivity index (χ1v) is 6.82. The smallest absolute Gasteiger partial charge is 0.147 e. The number of halogens is 2. The second kappa shape index (κ2) is 4.92. The zero-order chi connectivity index (χ0) is 11.7. The molecule has 88 valence electrons. The zero-order valence-electron chi connectivity index (χ0n) is 9.58. The molecule has 0 radical (unpaired) electrons. The average Bonchev–Trinajstić information content (AvgIpc) is 2.98. The van der Waals surface area contributed by atoms with E-state index in [4.69, 9.17) is 11.6 Å². The van der Waals surface area contributed by atoms with E-state index in [9.17, 15) is 0 Å². The maximum Gasteiger partial charge on any atom is 0.147 e. The number of pyridine rings is 1. The number of anilines is 1. The van der Waals surface area contributed by atoms with Crippen LogP contribution in [0, 0.1) is 5.92 Å². The van der Waals surface area contributed by atoms with Crippen molar-refractivity contribution in [3.63, 3.8) is 0 Å². The van der Waals surface area contributed by atoms with Gasteiger partial charge in [0.25, 0.3) is 0 Å². The number of rotatable bonds is 4. The molecule has 1 aliphatic rings. The van der Waals surface area contributed by atoms with Gasteiger partial charge in [-0.25, -0.2) is 4.98 Å². The Morgan fingerprint density at radius 1 is 1.56 bits per heavy atom. The summed E-state index contributed by atoms with van der Waals surface area (Å²) in [5.74, 6) is 1.75. The minimum atomic E-state index is 0.437. The van der Waals surface area contributed by atoms with Crippen molar-refractivity contribution < 1.29 is 0 Å². The molecule has 4 heteroatoms. The van der Waals surface area contributed by atoms with Crippen LogP contribution >= 0.6 is 27.5 Å². The molecule has 2 rings (SSSR count). The molecule has 0 aromatic carbocycles. The largest absolute Gasteiger partial charge is 0.353 e. The van der Waals surface area contributed by atoms with Crippen LogP contribution in [0.25, 0.3) is 0 Å². The van der Waals surface area contributed by atoms with E-state index in [2.05, 4.69) is 39.7 Å². The van der Waals surface area contributed by atoms with Crippen LogP contribution in [-0.4, -0.2) is 17.6 Å². The van der Waals surface area contributed by atoms with Crippen molar-refractivity contribution >= 4 is 33.3 Å². The summed E-state index contributed by atoms with van der Waals surface area (Å²) in [6.45, 7) is 5.44. The predicted octanol–water partition coefficient (Wildman–Crippen LogP) is 4.12. The van der Waals surface area contributed by atoms with Gasteiger partial charge in [0.05, 0.1) is 5.02 Å². The SMILES string of the molecule is CC(C)N(CC1CC1)c1ncc(Br)cc1Cl. The Morgan fingerprint density at radius 2 is 2.25 bits per heavy atom. The molecule has 0 saturated heterocycles. The van der Waals surface area contributed by atoms with E-state index in [1.165, 1.54) is 12.8 Å². The molecule has 0 amide bonds. The molecular formula is C12H16BrClN2. The van der Waals surface area contributed by atoms with Crippen LogP contribution < -0.4 is 4.90 Å². The van der Waals surface area contributed by atoms with E-state index < -0.39 is 0 Å². The van der Waals surface area contributed by atoms with Crippen LogP contribution in [0.3, 0.4) is 0 Å². The lowest BCUT2D eigenvalue weighted by Crippen LogP contribution is -2.33. The molecule has 0 N–H and O–H groups in total. The van der Waals surface area contributed by atoms with Crippen molar-refractivity contribution in [2.45, 2.75) is 32.7 Å². The van der Waals surface area contributed by atoms with Gasteiger partial charge in [-0.15, -0.1) is 0 Å². The molecule has 1 heterocycles. The van der Waals surface area contributed by atoms with Crippen LogP contribution in [-0.2, 0) is 0 Å². The van der Waals surface area contributed by atoms with Crippen molar-refractivity contribution in [1.82, 2.24) is 4.98 Å². The molecule has 1 fully saturated rings. The van der Waals surface area contributed by atoms with Gasteiger partial charge in [0.1, 0.15) is 5.82 Å². The summed E-state index contributed by atoms with van der Waals surface area (Å²) in [7, 11) is 0. The second-order valence-corrected chi connectivity index (χ2v) is 5.97. The standard InChI is InChI=1S/C12H16BrClN2/c1-8(2)16(7-9-3-4-9)12-11(14)5-10(13)6-15-12/h5-6,8-9H,3-4,7H2,1-2H3. The van der Waals surface area contributed by atoms with Crippen molar-refractivity contribution in [3.8, 4) is 0 Å². The van der Waals surface area contributed by atoms with Gasteiger partial charge in [-0.3, -0.25) is 0 Å². The summed E-state index contributed by atoms with van der Waals surface area (Å²) >= 11 is 9.62. The third-order valence-corrected chi connectivity index (χ3v) is 3.55. The van der Waals surface area contributed by atoms with E-state index in [0.29, 0.717) is 6.04 Å². The van der Waals surface area contributed by atoms with E-state index in [1.807, 2.05) is 12.3 Å². The summed E-state index contributed by atoms with van der Waals surface area (Å²) in [6.07, 6.45) is 4.50. The van der Waals surface area contributed by atoms with Gasteiger partial charge in [0.15, 0.2) is 0 Å². The van der Waals surface area contributed by atoms with Crippen LogP contribution in [0.5, 0.6) is 0 Å². The van der Waals surface area contributed by atoms with Gasteiger partial charge in [0, 0.05) is 23.3 Å². The highest BCUT2D eigenvalue weighted by Crippen LogP contribution is 2.34. The molecular weight excluding hydrogens is 288 g/mol. The third-order valence-electron chi connectivity index (χ3n) is 2.84. The molecule has 1 aliphatic carbocycles. The van der Waals surface area contributed by atoms with E-state index in [-0.39, 0.29) is 0 Å². The molecule has 0 bridgehead atoms. The highest BCUT2D eigenvalue weighted by atomic mass is 79.9. The Balaban J connectivity index is 2.22. The van der Waals surface area contributed by atoms with Crippen LogP contribution in [0.15, 0.2) is 16.7 Å². The van der Waals surface area contributed by atoms with Crippen LogP contribution in [0.2, 0.25) is 5.02 Å². The van der Waals surface area contributed by atoms with E-state index in [0.717, 1.165) is 27.8 Å². The first kappa shape index (κ1) is 12.2. The first-order chi connectivity index (χ1) is 7.58. The zero-order valence-corrected chi connectivity index (χ0v) is 11.9. The lowest BCUT2D eigenvalue weighted by Gasteiger charge is -2.28. The van der Waals surface area contributed by atoms with Crippen LogP contribution in [0.4, 0.5) is 5.82 Å². The van der Waals surface area contributed by atoms with Crippen LogP contribution in [0.1, 0.15) is 26.7 Å². The number of hydrogen-bond acceptors (Lipinski definition) is 2. The predicted molar refractivity (Wildman–Crippen MR) is 72.2 cm³/mol. The third kappa shape index (κ3) is 2.89. The summed E-state index contributed by atoms with van der Waals surface area (Å²) in [5, 5.41) is 0.726. The van der Waals surface area contributed by atoms with Gasteiger partial charge in [0.2, 0.25) is 0 Å². The van der Waals surface area contributed by atoms with Crippen molar-refractivity contribution in [1.29, 1.82) is 0 Å². The molecule has 0 unspecified atom stereocenters. The Kier molecular flexibility index (Phi) is 3.75. The normalized spacial score (nSPS) is 15.6. The molecule has 0 aliphatic heterocycles. The number of nitrogens with zero attached hydrogens (tertiary/aromatic N) is 2. The highest BCUT2D eigenvalue weighted by molar-refractivity contribution is 9.10. The van der Waals surface area contributed by atoms with E-state index in [1.54, 1.807) is 0 Å². The Bertz CT molecular complexity index is 377. The summed E-state index contributed by atoms with van der Waals surface area (Å²) in [4.78, 5) is 6.73. The summed E-state index contributed by atoms with van der Waals surface area (Å²) < 4.78 is 0.927. The first-order valence-electron chi connectivity index (χ1n) is 5.65. The fourth-order valence-corrected chi connectivity index (χ4v) is 2.48. The van der Waals surface area contributed by atoms with Gasteiger partial charge < -0.3 is 4.90 Å². The maximum atomic E-state index is 6.24. The molecule has 1 aromatic rings.